The zero-order valence-corrected chi connectivity index (χ0v) is 17.2. The molecule has 0 saturated carbocycles. The highest BCUT2D eigenvalue weighted by atomic mass is 16.2. The monoisotopic (exact) mass is 388 g/mol. The Balaban J connectivity index is 1.38. The summed E-state index contributed by atoms with van der Waals surface area (Å²) in [6, 6.07) is 20.5. The minimum atomic E-state index is 0.252. The second-order valence-electron chi connectivity index (χ2n) is 7.62. The Morgan fingerprint density at radius 2 is 1.52 bits per heavy atom. The van der Waals surface area contributed by atoms with Crippen LogP contribution in [-0.4, -0.2) is 46.8 Å². The number of benzene rings is 2. The maximum Gasteiger partial charge on any atom is 0.223 e. The molecule has 4 rings (SSSR count). The molecule has 1 fully saturated rings. The molecule has 29 heavy (non-hydrogen) atoms. The van der Waals surface area contributed by atoms with Crippen molar-refractivity contribution in [3.8, 4) is 5.69 Å². The summed E-state index contributed by atoms with van der Waals surface area (Å²) in [4.78, 5) is 17.0. The van der Waals surface area contributed by atoms with Crippen LogP contribution in [0.15, 0.2) is 60.7 Å². The third-order valence-electron chi connectivity index (χ3n) is 5.67. The topological polar surface area (TPSA) is 41.4 Å². The predicted octanol–water partition coefficient (Wildman–Crippen LogP) is 3.77. The number of anilines is 1. The number of piperazine rings is 1. The molecule has 5 heteroatoms. The van der Waals surface area contributed by atoms with E-state index in [1.807, 2.05) is 46.0 Å². The number of hydrogen-bond donors (Lipinski definition) is 0. The average Bonchev–Trinajstić information content (AvgIpc) is 3.07. The minimum Gasteiger partial charge on any atom is -0.365 e. The van der Waals surface area contributed by atoms with Crippen LogP contribution in [-0.2, 0) is 11.2 Å². The Kier molecular flexibility index (Phi) is 5.65. The van der Waals surface area contributed by atoms with E-state index in [0.717, 1.165) is 49.7 Å². The Morgan fingerprint density at radius 3 is 2.17 bits per heavy atom. The van der Waals surface area contributed by atoms with Crippen molar-refractivity contribution in [1.29, 1.82) is 0 Å². The van der Waals surface area contributed by atoms with Gasteiger partial charge in [0.15, 0.2) is 0 Å². The Hall–Kier alpha value is -3.08. The predicted molar refractivity (Wildman–Crippen MR) is 117 cm³/mol. The number of para-hydroxylation sites is 1. The molecule has 1 amide bonds. The van der Waals surface area contributed by atoms with Gasteiger partial charge in [-0.05, 0) is 38.0 Å². The van der Waals surface area contributed by atoms with E-state index in [0.29, 0.717) is 6.42 Å². The fraction of sp³-hybridized carbons (Fsp3) is 0.333. The lowest BCUT2D eigenvalue weighted by Gasteiger charge is -2.36. The Labute approximate surface area is 172 Å². The molecule has 150 valence electrons. The molecule has 1 aromatic heterocycles. The molecule has 0 aliphatic carbocycles. The maximum atomic E-state index is 12.6. The molecule has 0 radical (unpaired) electrons. The highest BCUT2D eigenvalue weighted by Gasteiger charge is 2.25. The summed E-state index contributed by atoms with van der Waals surface area (Å²) in [5, 5.41) is 4.77. The maximum absolute atomic E-state index is 12.6. The average molecular weight is 389 g/mol. The number of aryl methyl sites for hydroxylation is 2. The summed E-state index contributed by atoms with van der Waals surface area (Å²) < 4.78 is 2.02. The van der Waals surface area contributed by atoms with E-state index in [4.69, 9.17) is 5.10 Å². The first kappa shape index (κ1) is 19.2. The van der Waals surface area contributed by atoms with Crippen molar-refractivity contribution in [2.45, 2.75) is 26.7 Å². The first-order valence-electron chi connectivity index (χ1n) is 10.3. The van der Waals surface area contributed by atoms with Crippen LogP contribution < -0.4 is 4.90 Å². The lowest BCUT2D eigenvalue weighted by molar-refractivity contribution is -0.131. The van der Waals surface area contributed by atoms with Crippen molar-refractivity contribution in [2.24, 2.45) is 0 Å². The van der Waals surface area contributed by atoms with Gasteiger partial charge in [-0.1, -0.05) is 48.5 Å². The first-order valence-corrected chi connectivity index (χ1v) is 10.3. The van der Waals surface area contributed by atoms with E-state index < -0.39 is 0 Å². The van der Waals surface area contributed by atoms with Gasteiger partial charge >= 0.3 is 0 Å². The van der Waals surface area contributed by atoms with Crippen LogP contribution in [0.25, 0.3) is 5.69 Å². The van der Waals surface area contributed by atoms with Crippen LogP contribution in [0.1, 0.15) is 23.4 Å². The number of nitrogens with zero attached hydrogens (tertiary/aromatic N) is 4. The van der Waals surface area contributed by atoms with Crippen molar-refractivity contribution >= 4 is 11.6 Å². The highest BCUT2D eigenvalue weighted by molar-refractivity contribution is 5.77. The fourth-order valence-corrected chi connectivity index (χ4v) is 4.15. The standard InChI is InChI=1S/C24H28N4O/c1-19-24(20(2)28(25-19)22-11-7-4-8-12-22)27-17-15-26(16-18-27)23(29)14-13-21-9-5-3-6-10-21/h3-12H,13-18H2,1-2H3. The van der Waals surface area contributed by atoms with Crippen LogP contribution in [0, 0.1) is 13.8 Å². The zero-order valence-electron chi connectivity index (χ0n) is 17.2. The molecular weight excluding hydrogens is 360 g/mol. The molecule has 2 aromatic carbocycles. The third kappa shape index (κ3) is 4.19. The lowest BCUT2D eigenvalue weighted by atomic mass is 10.1. The van der Waals surface area contributed by atoms with Gasteiger partial charge in [0.25, 0.3) is 0 Å². The van der Waals surface area contributed by atoms with Gasteiger partial charge in [0.05, 0.1) is 22.8 Å². The largest absolute Gasteiger partial charge is 0.365 e. The summed E-state index contributed by atoms with van der Waals surface area (Å²) in [7, 11) is 0. The van der Waals surface area contributed by atoms with Crippen molar-refractivity contribution in [2.75, 3.05) is 31.1 Å². The van der Waals surface area contributed by atoms with Gasteiger partial charge in [0.2, 0.25) is 5.91 Å². The first-order chi connectivity index (χ1) is 14.1. The molecule has 0 N–H and O–H groups in total. The van der Waals surface area contributed by atoms with E-state index >= 15 is 0 Å². The number of hydrogen-bond acceptors (Lipinski definition) is 3. The minimum absolute atomic E-state index is 0.252. The lowest BCUT2D eigenvalue weighted by Crippen LogP contribution is -2.49. The summed E-state index contributed by atoms with van der Waals surface area (Å²) >= 11 is 0. The van der Waals surface area contributed by atoms with Gasteiger partial charge in [-0.25, -0.2) is 4.68 Å². The fourth-order valence-electron chi connectivity index (χ4n) is 4.15. The zero-order chi connectivity index (χ0) is 20.2. The van der Waals surface area contributed by atoms with Crippen molar-refractivity contribution < 1.29 is 4.79 Å². The molecule has 1 aliphatic rings. The van der Waals surface area contributed by atoms with E-state index in [1.165, 1.54) is 11.3 Å². The van der Waals surface area contributed by atoms with Gasteiger partial charge in [-0.2, -0.15) is 5.10 Å². The van der Waals surface area contributed by atoms with Gasteiger partial charge < -0.3 is 9.80 Å². The Bertz CT molecular complexity index is 957. The summed E-state index contributed by atoms with van der Waals surface area (Å²) in [6.07, 6.45) is 1.38. The quantitative estimate of drug-likeness (QED) is 0.668. The molecule has 0 atom stereocenters. The number of amides is 1. The second kappa shape index (κ2) is 8.52. The van der Waals surface area contributed by atoms with Crippen LogP contribution in [0.2, 0.25) is 0 Å². The molecule has 0 bridgehead atoms. The molecule has 0 unspecified atom stereocenters. The van der Waals surface area contributed by atoms with Crippen molar-refractivity contribution in [3.05, 3.63) is 77.6 Å². The summed E-state index contributed by atoms with van der Waals surface area (Å²) in [5.41, 5.74) is 5.69. The molecule has 2 heterocycles. The molecule has 1 aliphatic heterocycles. The van der Waals surface area contributed by atoms with Gasteiger partial charge in [-0.3, -0.25) is 4.79 Å². The SMILES string of the molecule is Cc1nn(-c2ccccc2)c(C)c1N1CCN(C(=O)CCc2ccccc2)CC1. The summed E-state index contributed by atoms with van der Waals surface area (Å²) in [5.74, 6) is 0.252. The van der Waals surface area contributed by atoms with Crippen molar-refractivity contribution in [1.82, 2.24) is 14.7 Å². The van der Waals surface area contributed by atoms with Crippen molar-refractivity contribution in [3.63, 3.8) is 0 Å². The summed E-state index contributed by atoms with van der Waals surface area (Å²) in [6.45, 7) is 7.42. The van der Waals surface area contributed by atoms with Crippen LogP contribution in [0.5, 0.6) is 0 Å². The normalized spacial score (nSPS) is 14.3. The molecular formula is C24H28N4O. The van der Waals surface area contributed by atoms with Crippen LogP contribution in [0.3, 0.4) is 0 Å². The Morgan fingerprint density at radius 1 is 0.897 bits per heavy atom. The number of aromatic nitrogens is 2. The third-order valence-corrected chi connectivity index (χ3v) is 5.67. The smallest absolute Gasteiger partial charge is 0.223 e. The molecule has 5 nitrogen and oxygen atoms in total. The van der Waals surface area contributed by atoms with Gasteiger partial charge in [-0.15, -0.1) is 0 Å². The second-order valence-corrected chi connectivity index (χ2v) is 7.62. The van der Waals surface area contributed by atoms with E-state index in [9.17, 15) is 4.79 Å². The van der Waals surface area contributed by atoms with E-state index in [2.05, 4.69) is 43.0 Å². The molecule has 3 aromatic rings. The highest BCUT2D eigenvalue weighted by Crippen LogP contribution is 2.27. The molecule has 0 spiro atoms. The number of carbonyl (C=O) groups is 1. The van der Waals surface area contributed by atoms with E-state index in [-0.39, 0.29) is 5.91 Å². The molecule has 1 saturated heterocycles. The number of carbonyl (C=O) groups excluding carboxylic acids is 1. The van der Waals surface area contributed by atoms with E-state index in [1.54, 1.807) is 0 Å². The number of rotatable bonds is 5. The van der Waals surface area contributed by atoms with Crippen LogP contribution >= 0.6 is 0 Å². The van der Waals surface area contributed by atoms with Gasteiger partial charge in [0, 0.05) is 32.6 Å². The van der Waals surface area contributed by atoms with Gasteiger partial charge in [0.1, 0.15) is 0 Å². The van der Waals surface area contributed by atoms with Crippen LogP contribution in [0.4, 0.5) is 5.69 Å².